The Bertz CT molecular complexity index is 465. The third-order valence-electron chi connectivity index (χ3n) is 2.82. The molecular formula is C16H29N3O6. The molecule has 0 rings (SSSR count). The molecule has 0 spiro atoms. The normalized spacial score (nSPS) is 10.4. The zero-order valence-electron chi connectivity index (χ0n) is 15.6. The first kappa shape index (κ1) is 22.7. The van der Waals surface area contributed by atoms with E-state index in [1.165, 1.54) is 11.9 Å². The molecule has 0 saturated heterocycles. The molecule has 0 saturated carbocycles. The summed E-state index contributed by atoms with van der Waals surface area (Å²) in [5.41, 5.74) is 0. The summed E-state index contributed by atoms with van der Waals surface area (Å²) in [5.74, 6) is -1.18. The topological polar surface area (TPSA) is 118 Å². The van der Waals surface area contributed by atoms with E-state index >= 15 is 0 Å². The van der Waals surface area contributed by atoms with E-state index in [0.29, 0.717) is 12.8 Å². The van der Waals surface area contributed by atoms with Crippen LogP contribution in [0.1, 0.15) is 40.5 Å². The van der Waals surface area contributed by atoms with Gasteiger partial charge in [0.25, 0.3) is 0 Å². The van der Waals surface area contributed by atoms with Gasteiger partial charge in [0.05, 0.1) is 25.2 Å². The van der Waals surface area contributed by atoms with Gasteiger partial charge in [-0.15, -0.1) is 0 Å². The number of hydrogen-bond donors (Lipinski definition) is 2. The Kier molecular flexibility index (Phi) is 11.0. The van der Waals surface area contributed by atoms with Crippen molar-refractivity contribution >= 4 is 24.0 Å². The van der Waals surface area contributed by atoms with E-state index in [9.17, 15) is 14.4 Å². The maximum atomic E-state index is 11.5. The Morgan fingerprint density at radius 3 is 2.12 bits per heavy atom. The molecule has 1 amide bonds. The van der Waals surface area contributed by atoms with Crippen LogP contribution in [-0.2, 0) is 23.8 Å². The van der Waals surface area contributed by atoms with Crippen LogP contribution < -0.4 is 5.32 Å². The van der Waals surface area contributed by atoms with Crippen molar-refractivity contribution in [3.05, 3.63) is 0 Å². The van der Waals surface area contributed by atoms with Crippen molar-refractivity contribution in [3.8, 4) is 0 Å². The quantitative estimate of drug-likeness (QED) is 0.211. The molecule has 9 nitrogen and oxygen atoms in total. The number of rotatable bonds is 9. The highest BCUT2D eigenvalue weighted by molar-refractivity contribution is 5.93. The summed E-state index contributed by atoms with van der Waals surface area (Å²) in [6.45, 7) is 7.22. The standard InChI is InChI=1S/C16H29N3O6/c1-11(2)14(21)23-8-6-7-9-24-16(22)18-15(17)19(5)10-13(20)25-12(3)4/h11-12H,6-10H2,1-5H3,(H2,17,18,22). The van der Waals surface area contributed by atoms with Crippen LogP contribution in [-0.4, -0.2) is 61.8 Å². The van der Waals surface area contributed by atoms with E-state index in [1.807, 2.05) is 0 Å². The van der Waals surface area contributed by atoms with Gasteiger partial charge in [0.15, 0.2) is 0 Å². The first-order valence-electron chi connectivity index (χ1n) is 8.23. The van der Waals surface area contributed by atoms with Gasteiger partial charge in [0.2, 0.25) is 5.96 Å². The third-order valence-corrected chi connectivity index (χ3v) is 2.82. The Morgan fingerprint density at radius 1 is 1.04 bits per heavy atom. The lowest BCUT2D eigenvalue weighted by Gasteiger charge is -2.19. The summed E-state index contributed by atoms with van der Waals surface area (Å²) in [6, 6.07) is 0. The maximum absolute atomic E-state index is 11.5. The maximum Gasteiger partial charge on any atom is 0.413 e. The highest BCUT2D eigenvalue weighted by atomic mass is 16.6. The van der Waals surface area contributed by atoms with E-state index in [2.05, 4.69) is 5.32 Å². The summed E-state index contributed by atoms with van der Waals surface area (Å²) in [6.07, 6.45) is 0.0772. The highest BCUT2D eigenvalue weighted by Gasteiger charge is 2.15. The minimum atomic E-state index is -0.784. The minimum Gasteiger partial charge on any atom is -0.465 e. The number of esters is 2. The monoisotopic (exact) mass is 359 g/mol. The number of amides is 1. The lowest BCUT2D eigenvalue weighted by atomic mass is 10.2. The molecular weight excluding hydrogens is 330 g/mol. The number of hydrogen-bond acceptors (Lipinski definition) is 7. The third kappa shape index (κ3) is 11.8. The molecule has 2 N–H and O–H groups in total. The summed E-state index contributed by atoms with van der Waals surface area (Å²) in [5, 5.41) is 9.90. The van der Waals surface area contributed by atoms with E-state index in [0.717, 1.165) is 0 Å². The molecule has 0 bridgehead atoms. The highest BCUT2D eigenvalue weighted by Crippen LogP contribution is 1.99. The first-order chi connectivity index (χ1) is 11.6. The van der Waals surface area contributed by atoms with E-state index in [-0.39, 0.29) is 43.7 Å². The molecule has 0 unspecified atom stereocenters. The predicted molar refractivity (Wildman–Crippen MR) is 91.1 cm³/mol. The summed E-state index contributed by atoms with van der Waals surface area (Å²) in [4.78, 5) is 35.5. The number of guanidine groups is 1. The lowest BCUT2D eigenvalue weighted by molar-refractivity contribution is -0.148. The van der Waals surface area contributed by atoms with Crippen LogP contribution in [0.15, 0.2) is 0 Å². The number of unbranched alkanes of at least 4 members (excludes halogenated alkanes) is 1. The first-order valence-corrected chi connectivity index (χ1v) is 8.23. The van der Waals surface area contributed by atoms with Gasteiger partial charge in [-0.3, -0.25) is 20.3 Å². The van der Waals surface area contributed by atoms with Gasteiger partial charge in [-0.1, -0.05) is 13.8 Å². The Morgan fingerprint density at radius 2 is 1.60 bits per heavy atom. The van der Waals surface area contributed by atoms with Crippen LogP contribution in [0.25, 0.3) is 0 Å². The average Bonchev–Trinajstić information content (AvgIpc) is 2.49. The van der Waals surface area contributed by atoms with Crippen molar-refractivity contribution in [2.45, 2.75) is 46.6 Å². The molecule has 144 valence electrons. The van der Waals surface area contributed by atoms with Crippen molar-refractivity contribution < 1.29 is 28.6 Å². The number of ether oxygens (including phenoxy) is 3. The van der Waals surface area contributed by atoms with Gasteiger partial charge in [-0.2, -0.15) is 0 Å². The zero-order chi connectivity index (χ0) is 19.4. The van der Waals surface area contributed by atoms with E-state index in [4.69, 9.17) is 19.6 Å². The van der Waals surface area contributed by atoms with Gasteiger partial charge in [-0.25, -0.2) is 4.79 Å². The van der Waals surface area contributed by atoms with Gasteiger partial charge in [0, 0.05) is 7.05 Å². The molecule has 0 fully saturated rings. The fraction of sp³-hybridized carbons (Fsp3) is 0.750. The second kappa shape index (κ2) is 12.1. The van der Waals surface area contributed by atoms with Crippen LogP contribution >= 0.6 is 0 Å². The average molecular weight is 359 g/mol. The van der Waals surface area contributed by atoms with Gasteiger partial charge >= 0.3 is 18.0 Å². The Hall–Kier alpha value is -2.32. The SMILES string of the molecule is CC(C)OC(=O)CN(C)C(=N)NC(=O)OCCCCOC(=O)C(C)C. The number of carbonyl (C=O) groups excluding carboxylic acids is 3. The smallest absolute Gasteiger partial charge is 0.413 e. The molecule has 0 radical (unpaired) electrons. The summed E-state index contributed by atoms with van der Waals surface area (Å²) >= 11 is 0. The molecule has 0 aromatic carbocycles. The molecule has 9 heteroatoms. The van der Waals surface area contributed by atoms with E-state index < -0.39 is 12.1 Å². The van der Waals surface area contributed by atoms with Crippen LogP contribution in [0.2, 0.25) is 0 Å². The second-order valence-corrected chi connectivity index (χ2v) is 6.03. The summed E-state index contributed by atoms with van der Waals surface area (Å²) in [7, 11) is 1.48. The Labute approximate surface area is 148 Å². The van der Waals surface area contributed by atoms with Crippen molar-refractivity contribution in [3.63, 3.8) is 0 Å². The lowest BCUT2D eigenvalue weighted by Crippen LogP contribution is -2.44. The number of nitrogens with zero attached hydrogens (tertiary/aromatic N) is 1. The van der Waals surface area contributed by atoms with Crippen molar-refractivity contribution in [2.24, 2.45) is 5.92 Å². The van der Waals surface area contributed by atoms with E-state index in [1.54, 1.807) is 27.7 Å². The van der Waals surface area contributed by atoms with Crippen LogP contribution in [0.3, 0.4) is 0 Å². The molecule has 0 aliphatic rings. The fourth-order valence-corrected chi connectivity index (χ4v) is 1.51. The number of alkyl carbamates (subject to hydrolysis) is 1. The number of likely N-dealkylation sites (N-methyl/N-ethyl adjacent to an activating group) is 1. The van der Waals surface area contributed by atoms with Crippen molar-refractivity contribution in [1.82, 2.24) is 10.2 Å². The fourth-order valence-electron chi connectivity index (χ4n) is 1.51. The van der Waals surface area contributed by atoms with Gasteiger partial charge in [-0.05, 0) is 26.7 Å². The number of nitrogens with one attached hydrogen (secondary N) is 2. The van der Waals surface area contributed by atoms with Gasteiger partial charge in [0.1, 0.15) is 6.54 Å². The van der Waals surface area contributed by atoms with Gasteiger partial charge < -0.3 is 19.1 Å². The van der Waals surface area contributed by atoms with Crippen LogP contribution in [0, 0.1) is 11.3 Å². The second-order valence-electron chi connectivity index (χ2n) is 6.03. The molecule has 0 atom stereocenters. The van der Waals surface area contributed by atoms with Crippen LogP contribution in [0.4, 0.5) is 4.79 Å². The van der Waals surface area contributed by atoms with Crippen molar-refractivity contribution in [2.75, 3.05) is 26.8 Å². The van der Waals surface area contributed by atoms with Crippen molar-refractivity contribution in [1.29, 1.82) is 5.41 Å². The summed E-state index contributed by atoms with van der Waals surface area (Å²) < 4.78 is 14.9. The Balaban J connectivity index is 3.85. The number of carbonyl (C=O) groups is 3. The zero-order valence-corrected chi connectivity index (χ0v) is 15.6. The predicted octanol–water partition coefficient (Wildman–Crippen LogP) is 1.51. The molecule has 0 aliphatic heterocycles. The molecule has 0 aromatic heterocycles. The molecule has 0 aliphatic carbocycles. The molecule has 0 heterocycles. The van der Waals surface area contributed by atoms with Crippen LogP contribution in [0.5, 0.6) is 0 Å². The molecule has 0 aromatic rings. The molecule has 25 heavy (non-hydrogen) atoms. The largest absolute Gasteiger partial charge is 0.465 e. The minimum absolute atomic E-state index is 0.136.